The van der Waals surface area contributed by atoms with Gasteiger partial charge in [-0.25, -0.2) is 0 Å². The minimum absolute atomic E-state index is 0.106. The van der Waals surface area contributed by atoms with E-state index in [-0.39, 0.29) is 5.91 Å². The number of para-hydroxylation sites is 2. The highest BCUT2D eigenvalue weighted by molar-refractivity contribution is 14.1. The molecule has 1 N–H and O–H groups in total. The fraction of sp³-hybridized carbons (Fsp3) is 0.0952. The van der Waals surface area contributed by atoms with E-state index in [9.17, 15) is 4.79 Å². The van der Waals surface area contributed by atoms with Gasteiger partial charge in [0.15, 0.2) is 0 Å². The van der Waals surface area contributed by atoms with E-state index in [0.717, 1.165) is 27.8 Å². The van der Waals surface area contributed by atoms with Gasteiger partial charge in [-0.1, -0.05) is 42.5 Å². The fourth-order valence-corrected chi connectivity index (χ4v) is 3.74. The average Bonchev–Trinajstić information content (AvgIpc) is 2.80. The number of halogens is 1. The summed E-state index contributed by atoms with van der Waals surface area (Å²) in [4.78, 5) is 12.8. The second-order valence-electron chi connectivity index (χ2n) is 6.04. The van der Waals surface area contributed by atoms with Crippen molar-refractivity contribution in [3.8, 4) is 0 Å². The van der Waals surface area contributed by atoms with Crippen LogP contribution in [-0.2, 0) is 12.8 Å². The quantitative estimate of drug-likeness (QED) is 0.577. The van der Waals surface area contributed by atoms with Gasteiger partial charge in [-0.05, 0) is 76.9 Å². The molecule has 0 radical (unpaired) electrons. The third-order valence-electron chi connectivity index (χ3n) is 4.43. The molecule has 4 heteroatoms. The molecular formula is C21H17IN2O. The summed E-state index contributed by atoms with van der Waals surface area (Å²) in [6.07, 6.45) is 1.92. The summed E-state index contributed by atoms with van der Waals surface area (Å²) in [5, 5.41) is 1.93. The number of rotatable bonds is 2. The van der Waals surface area contributed by atoms with Gasteiger partial charge in [-0.15, -0.1) is 0 Å². The van der Waals surface area contributed by atoms with Crippen molar-refractivity contribution < 1.29 is 4.79 Å². The normalized spacial score (nSPS) is 12.8. The van der Waals surface area contributed by atoms with Gasteiger partial charge >= 0.3 is 0 Å². The summed E-state index contributed by atoms with van der Waals surface area (Å²) in [7, 11) is 0. The Labute approximate surface area is 160 Å². The van der Waals surface area contributed by atoms with E-state index in [1.165, 1.54) is 11.1 Å². The molecule has 3 nitrogen and oxygen atoms in total. The van der Waals surface area contributed by atoms with Crippen LogP contribution in [0.5, 0.6) is 0 Å². The Balaban J connectivity index is 1.76. The van der Waals surface area contributed by atoms with Gasteiger partial charge in [0.2, 0.25) is 0 Å². The van der Waals surface area contributed by atoms with Gasteiger partial charge in [-0.3, -0.25) is 15.2 Å². The van der Waals surface area contributed by atoms with Crippen LogP contribution < -0.4 is 10.4 Å². The first-order chi connectivity index (χ1) is 12.2. The predicted octanol–water partition coefficient (Wildman–Crippen LogP) is 4.87. The Hall–Kier alpha value is -2.34. The van der Waals surface area contributed by atoms with Crippen LogP contribution >= 0.6 is 22.6 Å². The van der Waals surface area contributed by atoms with E-state index < -0.39 is 0 Å². The number of fused-ring (bicyclic) bond motifs is 2. The molecule has 1 aliphatic rings. The van der Waals surface area contributed by atoms with Crippen LogP contribution in [0.3, 0.4) is 0 Å². The number of hydrazine groups is 1. The third-order valence-corrected chi connectivity index (χ3v) is 5.10. The molecule has 124 valence electrons. The highest BCUT2D eigenvalue weighted by atomic mass is 127. The summed E-state index contributed by atoms with van der Waals surface area (Å²) in [6, 6.07) is 24.1. The summed E-state index contributed by atoms with van der Waals surface area (Å²) in [5.74, 6) is -0.106. The Morgan fingerprint density at radius 3 is 2.04 bits per heavy atom. The van der Waals surface area contributed by atoms with E-state index in [1.54, 1.807) is 0 Å². The van der Waals surface area contributed by atoms with Crippen molar-refractivity contribution in [2.75, 3.05) is 5.01 Å². The summed E-state index contributed by atoms with van der Waals surface area (Å²) >= 11 is 2.22. The van der Waals surface area contributed by atoms with Gasteiger partial charge in [0.25, 0.3) is 5.91 Å². The van der Waals surface area contributed by atoms with E-state index in [4.69, 9.17) is 0 Å². The van der Waals surface area contributed by atoms with Crippen LogP contribution in [0.25, 0.3) is 0 Å². The molecule has 3 aromatic carbocycles. The van der Waals surface area contributed by atoms with E-state index in [1.807, 2.05) is 53.5 Å². The third kappa shape index (κ3) is 3.26. The molecule has 0 unspecified atom stereocenters. The highest BCUT2D eigenvalue weighted by Gasteiger charge is 2.22. The lowest BCUT2D eigenvalue weighted by molar-refractivity contribution is 0.0953. The first-order valence-corrected chi connectivity index (χ1v) is 9.33. The zero-order chi connectivity index (χ0) is 17.2. The van der Waals surface area contributed by atoms with Crippen molar-refractivity contribution in [1.29, 1.82) is 0 Å². The topological polar surface area (TPSA) is 32.3 Å². The van der Waals surface area contributed by atoms with Crippen molar-refractivity contribution in [3.63, 3.8) is 0 Å². The van der Waals surface area contributed by atoms with Crippen LogP contribution in [0.1, 0.15) is 21.5 Å². The maximum atomic E-state index is 12.8. The molecule has 0 aromatic heterocycles. The fourth-order valence-electron chi connectivity index (χ4n) is 3.20. The van der Waals surface area contributed by atoms with Gasteiger partial charge in [0.05, 0.1) is 11.4 Å². The lowest BCUT2D eigenvalue weighted by atomic mass is 10.0. The summed E-state index contributed by atoms with van der Waals surface area (Å²) in [5.41, 5.74) is 8.31. The molecule has 0 bridgehead atoms. The van der Waals surface area contributed by atoms with Crippen LogP contribution in [0.4, 0.5) is 11.4 Å². The maximum absolute atomic E-state index is 12.8. The van der Waals surface area contributed by atoms with E-state index in [0.29, 0.717) is 5.56 Å². The summed E-state index contributed by atoms with van der Waals surface area (Å²) in [6.45, 7) is 0. The predicted molar refractivity (Wildman–Crippen MR) is 109 cm³/mol. The maximum Gasteiger partial charge on any atom is 0.270 e. The Kier molecular flexibility index (Phi) is 4.44. The number of benzene rings is 3. The molecule has 0 spiro atoms. The molecule has 0 saturated carbocycles. The molecule has 0 atom stereocenters. The van der Waals surface area contributed by atoms with Crippen molar-refractivity contribution in [2.45, 2.75) is 12.8 Å². The van der Waals surface area contributed by atoms with Gasteiger partial charge < -0.3 is 0 Å². The monoisotopic (exact) mass is 440 g/mol. The van der Waals surface area contributed by atoms with Crippen LogP contribution in [0.2, 0.25) is 0 Å². The van der Waals surface area contributed by atoms with Crippen molar-refractivity contribution >= 4 is 39.9 Å². The Morgan fingerprint density at radius 2 is 1.44 bits per heavy atom. The molecule has 3 aromatic rings. The number of amides is 1. The number of carbonyl (C=O) groups is 1. The zero-order valence-corrected chi connectivity index (χ0v) is 15.7. The molecule has 0 fully saturated rings. The van der Waals surface area contributed by atoms with E-state index in [2.05, 4.69) is 52.3 Å². The Morgan fingerprint density at radius 1 is 0.840 bits per heavy atom. The van der Waals surface area contributed by atoms with Crippen LogP contribution in [0, 0.1) is 3.57 Å². The second-order valence-corrected chi connectivity index (χ2v) is 7.29. The van der Waals surface area contributed by atoms with Crippen molar-refractivity contribution in [2.24, 2.45) is 0 Å². The molecule has 0 aliphatic carbocycles. The first kappa shape index (κ1) is 16.1. The number of nitrogens with one attached hydrogen (secondary N) is 1. The minimum atomic E-state index is -0.106. The molecule has 25 heavy (non-hydrogen) atoms. The van der Waals surface area contributed by atoms with E-state index >= 15 is 0 Å². The smallest absolute Gasteiger partial charge is 0.267 e. The average molecular weight is 440 g/mol. The largest absolute Gasteiger partial charge is 0.270 e. The second kappa shape index (κ2) is 6.88. The number of hydrogen-bond acceptors (Lipinski definition) is 2. The van der Waals surface area contributed by atoms with Gasteiger partial charge in [0.1, 0.15) is 0 Å². The SMILES string of the molecule is O=C(NN1c2ccccc2CCc2ccccc21)c1cccc(I)c1. The molecule has 1 heterocycles. The van der Waals surface area contributed by atoms with Crippen LogP contribution in [0.15, 0.2) is 72.8 Å². The first-order valence-electron chi connectivity index (χ1n) is 8.25. The van der Waals surface area contributed by atoms with Gasteiger partial charge in [0, 0.05) is 9.13 Å². The number of nitrogens with zero attached hydrogens (tertiary/aromatic N) is 1. The molecule has 1 aliphatic heterocycles. The van der Waals surface area contributed by atoms with Crippen molar-refractivity contribution in [3.05, 3.63) is 93.1 Å². The van der Waals surface area contributed by atoms with Crippen molar-refractivity contribution in [1.82, 2.24) is 5.43 Å². The number of carbonyl (C=O) groups excluding carboxylic acids is 1. The molecule has 4 rings (SSSR count). The lowest BCUT2D eigenvalue weighted by Gasteiger charge is -2.27. The zero-order valence-electron chi connectivity index (χ0n) is 13.6. The minimum Gasteiger partial charge on any atom is -0.267 e. The number of aryl methyl sites for hydroxylation is 2. The lowest BCUT2D eigenvalue weighted by Crippen LogP contribution is -2.39. The van der Waals surface area contributed by atoms with Crippen LogP contribution in [-0.4, -0.2) is 5.91 Å². The standard InChI is InChI=1S/C21H17IN2O/c22-18-9-5-8-17(14-18)21(25)23-24-19-10-3-1-6-15(19)12-13-16-7-2-4-11-20(16)24/h1-11,14H,12-13H2,(H,23,25). The highest BCUT2D eigenvalue weighted by Crippen LogP contribution is 2.34. The molecule has 1 amide bonds. The Bertz CT molecular complexity index is 891. The number of hydrogen-bond donors (Lipinski definition) is 1. The van der Waals surface area contributed by atoms with Gasteiger partial charge in [-0.2, -0.15) is 0 Å². The summed E-state index contributed by atoms with van der Waals surface area (Å²) < 4.78 is 1.04. The molecule has 0 saturated heterocycles. The number of anilines is 2. The molecular weight excluding hydrogens is 423 g/mol.